The molecule has 5 rings (SSSR count). The van der Waals surface area contributed by atoms with Crippen LogP contribution < -0.4 is 4.90 Å². The van der Waals surface area contributed by atoms with Crippen molar-refractivity contribution in [1.29, 1.82) is 0 Å². The summed E-state index contributed by atoms with van der Waals surface area (Å²) in [7, 11) is 0. The summed E-state index contributed by atoms with van der Waals surface area (Å²) in [5.41, 5.74) is 1.58. The van der Waals surface area contributed by atoms with Gasteiger partial charge in [0.1, 0.15) is 22.3 Å². The summed E-state index contributed by atoms with van der Waals surface area (Å²) in [6.45, 7) is 9.21. The molecule has 0 radical (unpaired) electrons. The van der Waals surface area contributed by atoms with Crippen molar-refractivity contribution < 1.29 is 9.18 Å². The van der Waals surface area contributed by atoms with E-state index in [1.807, 2.05) is 11.3 Å². The molecule has 3 aromatic rings. The minimum atomic E-state index is -0.458. The van der Waals surface area contributed by atoms with E-state index in [0.29, 0.717) is 38.0 Å². The van der Waals surface area contributed by atoms with Gasteiger partial charge >= 0.3 is 0 Å². The van der Waals surface area contributed by atoms with E-state index in [1.54, 1.807) is 23.1 Å². The van der Waals surface area contributed by atoms with E-state index in [0.717, 1.165) is 35.7 Å². The first-order valence-electron chi connectivity index (χ1n) is 12.0. The van der Waals surface area contributed by atoms with Crippen LogP contribution in [0.4, 0.5) is 10.2 Å². The molecule has 7 heteroatoms. The Balaban J connectivity index is 1.44. The first-order valence-corrected chi connectivity index (χ1v) is 12.8. The van der Waals surface area contributed by atoms with Crippen molar-refractivity contribution in [2.24, 2.45) is 11.8 Å². The molecular weight excluding hydrogens is 435 g/mol. The third kappa shape index (κ3) is 4.35. The molecule has 1 aliphatic carbocycles. The summed E-state index contributed by atoms with van der Waals surface area (Å²) in [5, 5.41) is 1.23. The second kappa shape index (κ2) is 9.01. The summed E-state index contributed by atoms with van der Waals surface area (Å²) in [6.07, 6.45) is 4.27. The van der Waals surface area contributed by atoms with Crippen molar-refractivity contribution in [2.75, 3.05) is 31.1 Å². The molecular formula is C26H31FN4OS. The van der Waals surface area contributed by atoms with Crippen LogP contribution in [-0.2, 0) is 19.3 Å². The van der Waals surface area contributed by atoms with Crippen LogP contribution >= 0.6 is 11.3 Å². The third-order valence-electron chi connectivity index (χ3n) is 6.74. The fourth-order valence-corrected chi connectivity index (χ4v) is 6.37. The first-order chi connectivity index (χ1) is 15.9. The van der Waals surface area contributed by atoms with Gasteiger partial charge in [-0.15, -0.1) is 11.3 Å². The molecule has 1 fully saturated rings. The van der Waals surface area contributed by atoms with Crippen LogP contribution in [0.15, 0.2) is 24.3 Å². The molecule has 1 aromatic carbocycles. The molecule has 2 aromatic heterocycles. The van der Waals surface area contributed by atoms with Crippen molar-refractivity contribution >= 4 is 33.3 Å². The van der Waals surface area contributed by atoms with Gasteiger partial charge in [0.25, 0.3) is 5.91 Å². The Labute approximate surface area is 198 Å². The molecule has 1 aliphatic heterocycles. The smallest absolute Gasteiger partial charge is 0.256 e. The number of carbonyl (C=O) groups is 1. The number of nitrogens with zero attached hydrogens (tertiary/aromatic N) is 4. The summed E-state index contributed by atoms with van der Waals surface area (Å²) >= 11 is 1.84. The Kier molecular flexibility index (Phi) is 6.08. The fraction of sp³-hybridized carbons (Fsp3) is 0.500. The van der Waals surface area contributed by atoms with Crippen molar-refractivity contribution in [3.05, 3.63) is 51.9 Å². The fourth-order valence-electron chi connectivity index (χ4n) is 4.98. The largest absolute Gasteiger partial charge is 0.352 e. The number of benzene rings is 1. The number of halogens is 1. The minimum absolute atomic E-state index is 0.149. The lowest BCUT2D eigenvalue weighted by Crippen LogP contribution is -2.49. The highest BCUT2D eigenvalue weighted by molar-refractivity contribution is 7.19. The number of hydrogen-bond donors (Lipinski definition) is 0. The Morgan fingerprint density at radius 1 is 1.18 bits per heavy atom. The number of piperazine rings is 1. The van der Waals surface area contributed by atoms with Gasteiger partial charge in [-0.3, -0.25) is 4.79 Å². The van der Waals surface area contributed by atoms with Crippen LogP contribution in [0.3, 0.4) is 0 Å². The van der Waals surface area contributed by atoms with Gasteiger partial charge in [0, 0.05) is 37.5 Å². The topological polar surface area (TPSA) is 49.3 Å². The zero-order valence-corrected chi connectivity index (χ0v) is 20.4. The van der Waals surface area contributed by atoms with E-state index in [2.05, 4.69) is 25.7 Å². The maximum absolute atomic E-state index is 14.1. The maximum atomic E-state index is 14.1. The van der Waals surface area contributed by atoms with Crippen molar-refractivity contribution in [3.8, 4) is 0 Å². The molecule has 0 saturated carbocycles. The molecule has 1 atom stereocenters. The van der Waals surface area contributed by atoms with Gasteiger partial charge in [0.15, 0.2) is 0 Å². The van der Waals surface area contributed by atoms with Crippen LogP contribution in [0, 0.1) is 17.7 Å². The van der Waals surface area contributed by atoms with E-state index < -0.39 is 5.82 Å². The minimum Gasteiger partial charge on any atom is -0.352 e. The zero-order valence-electron chi connectivity index (χ0n) is 19.6. The summed E-state index contributed by atoms with van der Waals surface area (Å²) in [4.78, 5) is 29.6. The molecule has 2 aliphatic rings. The number of amides is 1. The molecule has 1 unspecified atom stereocenters. The van der Waals surface area contributed by atoms with E-state index in [1.165, 1.54) is 28.3 Å². The van der Waals surface area contributed by atoms with Crippen molar-refractivity contribution in [2.45, 2.75) is 46.5 Å². The summed E-state index contributed by atoms with van der Waals surface area (Å²) < 4.78 is 14.1. The molecule has 0 N–H and O–H groups in total. The molecule has 0 spiro atoms. The normalized spacial score (nSPS) is 18.8. The predicted molar refractivity (Wildman–Crippen MR) is 132 cm³/mol. The number of fused-ring (bicyclic) bond motifs is 3. The van der Waals surface area contributed by atoms with Crippen LogP contribution in [0.1, 0.15) is 53.8 Å². The lowest BCUT2D eigenvalue weighted by molar-refractivity contribution is 0.0742. The number of aromatic nitrogens is 2. The molecule has 174 valence electrons. The Hall–Kier alpha value is -2.54. The Bertz CT molecular complexity index is 1180. The number of carbonyl (C=O) groups excluding carboxylic acids is 1. The maximum Gasteiger partial charge on any atom is 0.256 e. The van der Waals surface area contributed by atoms with Crippen LogP contribution in [0.2, 0.25) is 0 Å². The number of thiophene rings is 1. The number of hydrogen-bond acceptors (Lipinski definition) is 5. The van der Waals surface area contributed by atoms with Crippen LogP contribution in [-0.4, -0.2) is 47.0 Å². The molecule has 1 saturated heterocycles. The predicted octanol–water partition coefficient (Wildman–Crippen LogP) is 5.12. The molecule has 3 heterocycles. The van der Waals surface area contributed by atoms with Gasteiger partial charge < -0.3 is 9.80 Å². The number of anilines is 1. The number of aryl methyl sites for hydroxylation is 1. The molecule has 5 nitrogen and oxygen atoms in total. The SMILES string of the molecule is CC(C)Cc1nc(N2CCN(C(=O)c3ccccc3F)CC2)c2c3c(sc2n1)CC(C)CC3. The Morgan fingerprint density at radius 3 is 2.67 bits per heavy atom. The molecule has 0 bridgehead atoms. The number of rotatable bonds is 4. The lowest BCUT2D eigenvalue weighted by Gasteiger charge is -2.36. The van der Waals surface area contributed by atoms with Crippen LogP contribution in [0.5, 0.6) is 0 Å². The molecule has 1 amide bonds. The highest BCUT2D eigenvalue weighted by Crippen LogP contribution is 2.41. The summed E-state index contributed by atoms with van der Waals surface area (Å²) in [5.74, 6) is 2.44. The van der Waals surface area contributed by atoms with Gasteiger partial charge in [-0.2, -0.15) is 0 Å². The standard InChI is InChI=1S/C26H31FN4OS/c1-16(2)14-22-28-24(23-19-9-8-17(3)15-21(19)33-25(23)29-22)30-10-12-31(13-11-30)26(32)18-6-4-5-7-20(18)27/h4-7,16-17H,8-15H2,1-3H3. The molecule has 33 heavy (non-hydrogen) atoms. The van der Waals surface area contributed by atoms with E-state index >= 15 is 0 Å². The third-order valence-corrected chi connectivity index (χ3v) is 7.89. The van der Waals surface area contributed by atoms with Crippen LogP contribution in [0.25, 0.3) is 10.2 Å². The quantitative estimate of drug-likeness (QED) is 0.536. The highest BCUT2D eigenvalue weighted by atomic mass is 32.1. The zero-order chi connectivity index (χ0) is 23.1. The van der Waals surface area contributed by atoms with Gasteiger partial charge in [-0.1, -0.05) is 32.9 Å². The van der Waals surface area contributed by atoms with Crippen molar-refractivity contribution in [3.63, 3.8) is 0 Å². The van der Waals surface area contributed by atoms with E-state index in [-0.39, 0.29) is 11.5 Å². The van der Waals surface area contributed by atoms with E-state index in [9.17, 15) is 9.18 Å². The van der Waals surface area contributed by atoms with Gasteiger partial charge in [0.05, 0.1) is 10.9 Å². The first kappa shape index (κ1) is 22.3. The average Bonchev–Trinajstić information content (AvgIpc) is 3.15. The summed E-state index contributed by atoms with van der Waals surface area (Å²) in [6, 6.07) is 6.23. The highest BCUT2D eigenvalue weighted by Gasteiger charge is 2.29. The second-order valence-corrected chi connectivity index (χ2v) is 10.9. The Morgan fingerprint density at radius 2 is 1.94 bits per heavy atom. The van der Waals surface area contributed by atoms with E-state index in [4.69, 9.17) is 9.97 Å². The average molecular weight is 467 g/mol. The van der Waals surface area contributed by atoms with Gasteiger partial charge in [0.2, 0.25) is 0 Å². The van der Waals surface area contributed by atoms with Crippen molar-refractivity contribution in [1.82, 2.24) is 14.9 Å². The monoisotopic (exact) mass is 466 g/mol. The lowest BCUT2D eigenvalue weighted by atomic mass is 9.89. The second-order valence-electron chi connectivity index (χ2n) is 9.85. The van der Waals surface area contributed by atoms with Gasteiger partial charge in [-0.05, 0) is 48.8 Å². The van der Waals surface area contributed by atoms with Gasteiger partial charge in [-0.25, -0.2) is 14.4 Å².